The van der Waals surface area contributed by atoms with E-state index in [1.165, 1.54) is 49.8 Å². The second-order valence-corrected chi connectivity index (χ2v) is 10.0. The lowest BCUT2D eigenvalue weighted by Crippen LogP contribution is -2.15. The van der Waals surface area contributed by atoms with Crippen LogP contribution >= 0.6 is 0 Å². The van der Waals surface area contributed by atoms with Gasteiger partial charge in [0.05, 0.1) is 6.54 Å². The minimum atomic E-state index is 0.726. The SMILES string of the molecule is CN(C)CCc1c[nH]c2ccc(Cc3[nH]c4ccc(Cn5cncn5)cc4c3CCN(C)C)cc12. The van der Waals surface area contributed by atoms with Gasteiger partial charge in [-0.15, -0.1) is 0 Å². The normalized spacial score (nSPS) is 12.1. The van der Waals surface area contributed by atoms with Gasteiger partial charge in [-0.3, -0.25) is 0 Å². The second-order valence-electron chi connectivity index (χ2n) is 10.0. The van der Waals surface area contributed by atoms with Crippen molar-refractivity contribution in [3.8, 4) is 0 Å². The van der Waals surface area contributed by atoms with Crippen molar-refractivity contribution in [3.05, 3.63) is 83.2 Å². The molecular formula is C28H35N7. The third kappa shape index (κ3) is 5.31. The molecule has 2 N–H and O–H groups in total. The molecular weight excluding hydrogens is 434 g/mol. The highest BCUT2D eigenvalue weighted by Gasteiger charge is 2.14. The standard InChI is InChI=1S/C28H35N7/c1-33(2)11-9-22-16-30-26-7-5-20(13-24(22)26)15-28-23(10-12-34(3)4)25-14-21(6-8-27(25)32-28)17-35-19-29-18-31-35/h5-8,13-14,16,18-19,30,32H,9-12,15,17H2,1-4H3. The van der Waals surface area contributed by atoms with Gasteiger partial charge in [-0.2, -0.15) is 5.10 Å². The van der Waals surface area contributed by atoms with Gasteiger partial charge in [-0.05, 0) is 87.6 Å². The molecule has 0 spiro atoms. The van der Waals surface area contributed by atoms with E-state index < -0.39 is 0 Å². The molecule has 0 radical (unpaired) electrons. The molecule has 7 heteroatoms. The van der Waals surface area contributed by atoms with E-state index in [-0.39, 0.29) is 0 Å². The number of hydrogen-bond donors (Lipinski definition) is 2. The first-order chi connectivity index (χ1) is 17.0. The van der Waals surface area contributed by atoms with Crippen molar-refractivity contribution in [2.45, 2.75) is 25.8 Å². The van der Waals surface area contributed by atoms with E-state index in [1.54, 1.807) is 12.7 Å². The van der Waals surface area contributed by atoms with Crippen LogP contribution in [0.2, 0.25) is 0 Å². The van der Waals surface area contributed by atoms with E-state index >= 15 is 0 Å². The Morgan fingerprint density at radius 2 is 1.60 bits per heavy atom. The zero-order valence-corrected chi connectivity index (χ0v) is 21.2. The molecule has 7 nitrogen and oxygen atoms in total. The van der Waals surface area contributed by atoms with Crippen molar-refractivity contribution in [1.29, 1.82) is 0 Å². The lowest BCUT2D eigenvalue weighted by molar-refractivity contribution is 0.414. The molecule has 3 aromatic heterocycles. The van der Waals surface area contributed by atoms with Crippen molar-refractivity contribution < 1.29 is 0 Å². The topological polar surface area (TPSA) is 68.8 Å². The van der Waals surface area contributed by atoms with Crippen LogP contribution < -0.4 is 0 Å². The summed E-state index contributed by atoms with van der Waals surface area (Å²) in [5.74, 6) is 0. The molecule has 0 aliphatic rings. The summed E-state index contributed by atoms with van der Waals surface area (Å²) in [4.78, 5) is 15.8. The summed E-state index contributed by atoms with van der Waals surface area (Å²) in [6.07, 6.45) is 8.47. The minimum absolute atomic E-state index is 0.726. The van der Waals surface area contributed by atoms with E-state index in [0.717, 1.165) is 38.9 Å². The first-order valence-corrected chi connectivity index (χ1v) is 12.3. The highest BCUT2D eigenvalue weighted by atomic mass is 15.3. The predicted octanol–water partition coefficient (Wildman–Crippen LogP) is 4.09. The van der Waals surface area contributed by atoms with Crippen LogP contribution in [0.3, 0.4) is 0 Å². The number of aromatic amines is 2. The number of rotatable bonds is 10. The third-order valence-electron chi connectivity index (χ3n) is 6.72. The first-order valence-electron chi connectivity index (χ1n) is 12.3. The quantitative estimate of drug-likeness (QED) is 0.323. The Morgan fingerprint density at radius 3 is 2.37 bits per heavy atom. The molecule has 182 valence electrons. The van der Waals surface area contributed by atoms with Crippen LogP contribution in [0.1, 0.15) is 27.9 Å². The van der Waals surface area contributed by atoms with Crippen LogP contribution in [0.4, 0.5) is 0 Å². The summed E-state index contributed by atoms with van der Waals surface area (Å²) in [5, 5.41) is 6.92. The van der Waals surface area contributed by atoms with E-state index in [9.17, 15) is 0 Å². The summed E-state index contributed by atoms with van der Waals surface area (Å²) in [7, 11) is 8.53. The summed E-state index contributed by atoms with van der Waals surface area (Å²) in [6, 6.07) is 13.6. The third-order valence-corrected chi connectivity index (χ3v) is 6.72. The van der Waals surface area contributed by atoms with Gasteiger partial charge in [0.25, 0.3) is 0 Å². The molecule has 0 atom stereocenters. The average Bonchev–Trinajstić information content (AvgIpc) is 3.55. The molecule has 0 aliphatic heterocycles. The molecule has 0 saturated heterocycles. The smallest absolute Gasteiger partial charge is 0.137 e. The van der Waals surface area contributed by atoms with Gasteiger partial charge in [-0.25, -0.2) is 9.67 Å². The number of hydrogen-bond acceptors (Lipinski definition) is 4. The molecule has 3 heterocycles. The van der Waals surface area contributed by atoms with Crippen LogP contribution in [0.25, 0.3) is 21.8 Å². The predicted molar refractivity (Wildman–Crippen MR) is 143 cm³/mol. The number of nitrogens with zero attached hydrogens (tertiary/aromatic N) is 5. The van der Waals surface area contributed by atoms with Crippen LogP contribution in [-0.2, 0) is 25.8 Å². The maximum absolute atomic E-state index is 4.27. The maximum atomic E-state index is 4.27. The van der Waals surface area contributed by atoms with Gasteiger partial charge in [0, 0.05) is 53.2 Å². The number of likely N-dealkylation sites (N-methyl/N-ethyl adjacent to an activating group) is 2. The fourth-order valence-electron chi connectivity index (χ4n) is 4.81. The molecule has 0 unspecified atom stereocenters. The number of H-pyrrole nitrogens is 2. The molecule has 0 saturated carbocycles. The number of benzene rings is 2. The van der Waals surface area contributed by atoms with Gasteiger partial charge < -0.3 is 19.8 Å². The van der Waals surface area contributed by atoms with E-state index in [0.29, 0.717) is 0 Å². The zero-order valence-electron chi connectivity index (χ0n) is 21.2. The summed E-state index contributed by atoms with van der Waals surface area (Å²) < 4.78 is 1.87. The Hall–Kier alpha value is -3.42. The molecule has 5 rings (SSSR count). The van der Waals surface area contributed by atoms with Crippen molar-refractivity contribution >= 4 is 21.8 Å². The Labute approximate surface area is 206 Å². The van der Waals surface area contributed by atoms with E-state index in [1.807, 2.05) is 4.68 Å². The van der Waals surface area contributed by atoms with Gasteiger partial charge in [0.1, 0.15) is 12.7 Å². The zero-order chi connectivity index (χ0) is 24.4. The Bertz CT molecular complexity index is 1410. The van der Waals surface area contributed by atoms with Gasteiger partial charge in [-0.1, -0.05) is 12.1 Å². The Kier molecular flexibility index (Phi) is 6.70. The fourth-order valence-corrected chi connectivity index (χ4v) is 4.81. The Balaban J connectivity index is 1.48. The summed E-state index contributed by atoms with van der Waals surface area (Å²) in [5.41, 5.74) is 9.09. The second kappa shape index (κ2) is 10.1. The molecule has 0 aliphatic carbocycles. The number of aromatic nitrogens is 5. The molecule has 0 fully saturated rings. The molecule has 5 aromatic rings. The number of nitrogens with one attached hydrogen (secondary N) is 2. The van der Waals surface area contributed by atoms with Gasteiger partial charge >= 0.3 is 0 Å². The molecule has 2 aromatic carbocycles. The average molecular weight is 470 g/mol. The molecule has 0 bridgehead atoms. The summed E-state index contributed by atoms with van der Waals surface area (Å²) >= 11 is 0. The van der Waals surface area contributed by atoms with Gasteiger partial charge in [0.2, 0.25) is 0 Å². The fraction of sp³-hybridized carbons (Fsp3) is 0.357. The van der Waals surface area contributed by atoms with Crippen molar-refractivity contribution in [2.75, 3.05) is 41.3 Å². The van der Waals surface area contributed by atoms with Crippen molar-refractivity contribution in [3.63, 3.8) is 0 Å². The van der Waals surface area contributed by atoms with Crippen LogP contribution in [-0.4, -0.2) is 75.8 Å². The van der Waals surface area contributed by atoms with E-state index in [4.69, 9.17) is 0 Å². The summed E-state index contributed by atoms with van der Waals surface area (Å²) in [6.45, 7) is 2.78. The first kappa shape index (κ1) is 23.3. The van der Waals surface area contributed by atoms with Crippen molar-refractivity contribution in [2.24, 2.45) is 0 Å². The van der Waals surface area contributed by atoms with E-state index in [2.05, 4.69) is 101 Å². The molecule has 35 heavy (non-hydrogen) atoms. The lowest BCUT2D eigenvalue weighted by atomic mass is 9.99. The highest BCUT2D eigenvalue weighted by Crippen LogP contribution is 2.28. The number of fused-ring (bicyclic) bond motifs is 2. The maximum Gasteiger partial charge on any atom is 0.137 e. The monoisotopic (exact) mass is 469 g/mol. The van der Waals surface area contributed by atoms with Crippen LogP contribution in [0.5, 0.6) is 0 Å². The van der Waals surface area contributed by atoms with Crippen molar-refractivity contribution in [1.82, 2.24) is 34.5 Å². The molecule has 0 amide bonds. The lowest BCUT2D eigenvalue weighted by Gasteiger charge is -2.11. The van der Waals surface area contributed by atoms with Crippen LogP contribution in [0.15, 0.2) is 55.2 Å². The largest absolute Gasteiger partial charge is 0.361 e. The van der Waals surface area contributed by atoms with Crippen LogP contribution in [0, 0.1) is 0 Å². The highest BCUT2D eigenvalue weighted by molar-refractivity contribution is 5.86. The van der Waals surface area contributed by atoms with Gasteiger partial charge in [0.15, 0.2) is 0 Å². The Morgan fingerprint density at radius 1 is 0.857 bits per heavy atom. The minimum Gasteiger partial charge on any atom is -0.361 e.